The first kappa shape index (κ1) is 12.9. The molecule has 0 fully saturated rings. The van der Waals surface area contributed by atoms with Crippen molar-refractivity contribution in [1.82, 2.24) is 4.98 Å². The second kappa shape index (κ2) is 4.97. The van der Waals surface area contributed by atoms with E-state index in [2.05, 4.69) is 4.98 Å². The van der Waals surface area contributed by atoms with Crippen LogP contribution in [0.3, 0.4) is 0 Å². The van der Waals surface area contributed by atoms with Gasteiger partial charge in [-0.05, 0) is 13.0 Å². The number of hydrogen-bond acceptors (Lipinski definition) is 5. The normalized spacial score (nSPS) is 10.4. The van der Waals surface area contributed by atoms with Crippen molar-refractivity contribution >= 4 is 22.4 Å². The van der Waals surface area contributed by atoms with Gasteiger partial charge in [-0.3, -0.25) is 10.1 Å². The molecule has 19 heavy (non-hydrogen) atoms. The maximum absolute atomic E-state index is 11.7. The zero-order valence-electron chi connectivity index (χ0n) is 10.4. The molecule has 0 aliphatic carbocycles. The lowest BCUT2D eigenvalue weighted by Gasteiger charge is -2.03. The molecule has 0 saturated carbocycles. The summed E-state index contributed by atoms with van der Waals surface area (Å²) in [7, 11) is 1.34. The van der Waals surface area contributed by atoms with E-state index in [9.17, 15) is 14.9 Å². The summed E-state index contributed by atoms with van der Waals surface area (Å²) in [6.45, 7) is 1.96. The number of methoxy groups -OCH3 is 1. The molecule has 0 saturated heterocycles. The minimum absolute atomic E-state index is 0.0997. The number of hydrogen-bond donors (Lipinski definition) is 1. The summed E-state index contributed by atoms with van der Waals surface area (Å²) < 4.78 is 9.87. The lowest BCUT2D eigenvalue weighted by molar-refractivity contribution is -0.385. The molecule has 0 aliphatic rings. The smallest absolute Gasteiger partial charge is 0.355 e. The first-order valence-electron chi connectivity index (χ1n) is 5.59. The third-order valence-electron chi connectivity index (χ3n) is 2.67. The van der Waals surface area contributed by atoms with Gasteiger partial charge in [0.1, 0.15) is 5.69 Å². The number of carbonyl (C=O) groups is 1. The van der Waals surface area contributed by atoms with E-state index in [1.165, 1.54) is 25.4 Å². The molecule has 1 N–H and O–H groups in total. The second-order valence-electron chi connectivity index (χ2n) is 3.75. The number of nitrogens with zero attached hydrogens (tertiary/aromatic N) is 1. The number of rotatable bonds is 4. The van der Waals surface area contributed by atoms with Gasteiger partial charge in [-0.15, -0.1) is 0 Å². The van der Waals surface area contributed by atoms with E-state index in [1.807, 2.05) is 0 Å². The van der Waals surface area contributed by atoms with Gasteiger partial charge in [0, 0.05) is 23.0 Å². The fourth-order valence-corrected chi connectivity index (χ4v) is 1.83. The van der Waals surface area contributed by atoms with Crippen LogP contribution in [0, 0.1) is 10.1 Å². The van der Waals surface area contributed by atoms with Gasteiger partial charge in [-0.25, -0.2) is 4.79 Å². The summed E-state index contributed by atoms with van der Waals surface area (Å²) >= 11 is 0. The topological polar surface area (TPSA) is 94.5 Å². The molecule has 100 valence electrons. The minimum atomic E-state index is -0.532. The number of H-pyrrole nitrogens is 1. The Morgan fingerprint density at radius 2 is 2.21 bits per heavy atom. The van der Waals surface area contributed by atoms with Crippen molar-refractivity contribution in [2.75, 3.05) is 13.7 Å². The van der Waals surface area contributed by atoms with Gasteiger partial charge in [-0.2, -0.15) is 0 Å². The molecule has 2 aromatic rings. The van der Waals surface area contributed by atoms with Gasteiger partial charge in [-0.1, -0.05) is 0 Å². The predicted molar refractivity (Wildman–Crippen MR) is 67.5 cm³/mol. The van der Waals surface area contributed by atoms with Crippen LogP contribution in [0.15, 0.2) is 18.3 Å². The van der Waals surface area contributed by atoms with E-state index in [0.717, 1.165) is 0 Å². The van der Waals surface area contributed by atoms with Crippen LogP contribution in [0.4, 0.5) is 5.69 Å². The first-order chi connectivity index (χ1) is 9.08. The van der Waals surface area contributed by atoms with Gasteiger partial charge >= 0.3 is 11.7 Å². The van der Waals surface area contributed by atoms with E-state index >= 15 is 0 Å². The largest absolute Gasteiger partial charge is 0.490 e. The van der Waals surface area contributed by atoms with E-state index in [1.54, 1.807) is 6.92 Å². The highest BCUT2D eigenvalue weighted by atomic mass is 16.6. The molecule has 0 radical (unpaired) electrons. The van der Waals surface area contributed by atoms with Crippen LogP contribution >= 0.6 is 0 Å². The molecule has 0 spiro atoms. The summed E-state index contributed by atoms with van der Waals surface area (Å²) in [4.78, 5) is 24.8. The summed E-state index contributed by atoms with van der Waals surface area (Å²) in [6, 6.07) is 2.81. The van der Waals surface area contributed by atoms with Crippen molar-refractivity contribution in [2.45, 2.75) is 6.92 Å². The molecule has 1 heterocycles. The van der Waals surface area contributed by atoms with Gasteiger partial charge in [0.2, 0.25) is 0 Å². The fraction of sp³-hybridized carbons (Fsp3) is 0.250. The zero-order chi connectivity index (χ0) is 14.0. The number of ether oxygens (including phenoxy) is 2. The summed E-state index contributed by atoms with van der Waals surface area (Å²) in [5, 5.41) is 12.0. The van der Waals surface area contributed by atoms with Crippen molar-refractivity contribution in [3.05, 3.63) is 34.1 Å². The van der Waals surface area contributed by atoms with Crippen molar-refractivity contribution in [3.8, 4) is 5.75 Å². The summed E-state index contributed by atoms with van der Waals surface area (Å²) in [5.41, 5.74) is 0.106. The molecule has 0 bridgehead atoms. The second-order valence-corrected chi connectivity index (χ2v) is 3.75. The minimum Gasteiger partial charge on any atom is -0.490 e. The molecule has 7 heteroatoms. The monoisotopic (exact) mass is 264 g/mol. The number of aromatic nitrogens is 1. The number of nitro benzene ring substituents is 1. The van der Waals surface area contributed by atoms with Crippen LogP contribution in [0.2, 0.25) is 0 Å². The SMILES string of the molecule is CCOC(=O)c1[nH]cc2cc([N+](=O)[O-])c(OC)cc12. The highest BCUT2D eigenvalue weighted by Gasteiger charge is 2.20. The third kappa shape index (κ3) is 2.22. The number of nitro groups is 1. The standard InChI is InChI=1S/C12H12N2O5/c1-3-19-12(15)11-8-5-10(18-2)9(14(16)17)4-7(8)6-13-11/h4-6,13H,3H2,1-2H3. The molecule has 0 amide bonds. The zero-order valence-corrected chi connectivity index (χ0v) is 10.4. The molecule has 2 rings (SSSR count). The molecule has 7 nitrogen and oxygen atoms in total. The van der Waals surface area contributed by atoms with Crippen molar-refractivity contribution in [1.29, 1.82) is 0 Å². The quantitative estimate of drug-likeness (QED) is 0.519. The van der Waals surface area contributed by atoms with E-state index < -0.39 is 10.9 Å². The van der Waals surface area contributed by atoms with Crippen LogP contribution in [0.25, 0.3) is 10.8 Å². The van der Waals surface area contributed by atoms with Crippen molar-refractivity contribution in [3.63, 3.8) is 0 Å². The van der Waals surface area contributed by atoms with Gasteiger partial charge < -0.3 is 14.5 Å². The van der Waals surface area contributed by atoms with Crippen LogP contribution in [0.1, 0.15) is 17.4 Å². The Bertz CT molecular complexity index is 647. The maximum atomic E-state index is 11.7. The van der Waals surface area contributed by atoms with Crippen LogP contribution < -0.4 is 4.74 Å². The number of aromatic amines is 1. The number of carbonyl (C=O) groups excluding carboxylic acids is 1. The Balaban J connectivity index is 2.60. The number of fused-ring (bicyclic) bond motifs is 1. The average molecular weight is 264 g/mol. The van der Waals surface area contributed by atoms with Crippen LogP contribution in [-0.4, -0.2) is 29.6 Å². The predicted octanol–water partition coefficient (Wildman–Crippen LogP) is 2.26. The van der Waals surface area contributed by atoms with E-state index in [0.29, 0.717) is 10.8 Å². The number of esters is 1. The third-order valence-corrected chi connectivity index (χ3v) is 2.67. The molecule has 0 atom stereocenters. The molecule has 0 aliphatic heterocycles. The summed E-state index contributed by atoms with van der Waals surface area (Å²) in [6.07, 6.45) is 1.52. The Labute approximate surface area is 108 Å². The Morgan fingerprint density at radius 3 is 2.79 bits per heavy atom. The Kier molecular flexibility index (Phi) is 3.37. The lowest BCUT2D eigenvalue weighted by Crippen LogP contribution is -2.05. The molecular weight excluding hydrogens is 252 g/mol. The summed E-state index contributed by atoms with van der Waals surface area (Å²) in [5.74, 6) is -0.406. The van der Waals surface area contributed by atoms with Crippen LogP contribution in [0.5, 0.6) is 5.75 Å². The lowest BCUT2D eigenvalue weighted by atomic mass is 10.1. The van der Waals surface area contributed by atoms with E-state index in [-0.39, 0.29) is 23.7 Å². The highest BCUT2D eigenvalue weighted by molar-refractivity contribution is 6.04. The molecule has 0 unspecified atom stereocenters. The van der Waals surface area contributed by atoms with Gasteiger partial charge in [0.05, 0.1) is 18.6 Å². The fourth-order valence-electron chi connectivity index (χ4n) is 1.83. The molecule has 1 aromatic carbocycles. The van der Waals surface area contributed by atoms with E-state index in [4.69, 9.17) is 9.47 Å². The van der Waals surface area contributed by atoms with Crippen molar-refractivity contribution < 1.29 is 19.2 Å². The number of nitrogens with one attached hydrogen (secondary N) is 1. The highest BCUT2D eigenvalue weighted by Crippen LogP contribution is 2.33. The first-order valence-corrected chi connectivity index (χ1v) is 5.59. The average Bonchev–Trinajstić information content (AvgIpc) is 2.80. The van der Waals surface area contributed by atoms with Crippen LogP contribution in [-0.2, 0) is 4.74 Å². The number of benzene rings is 1. The van der Waals surface area contributed by atoms with Gasteiger partial charge in [0.15, 0.2) is 5.75 Å². The Hall–Kier alpha value is -2.57. The van der Waals surface area contributed by atoms with Gasteiger partial charge in [0.25, 0.3) is 0 Å². The van der Waals surface area contributed by atoms with Crippen molar-refractivity contribution in [2.24, 2.45) is 0 Å². The molecule has 1 aromatic heterocycles. The molecular formula is C12H12N2O5. The Morgan fingerprint density at radius 1 is 1.47 bits per heavy atom. The maximum Gasteiger partial charge on any atom is 0.355 e.